The van der Waals surface area contributed by atoms with E-state index in [-0.39, 0.29) is 11.9 Å². The number of hydrogen-bond acceptors (Lipinski definition) is 6. The van der Waals surface area contributed by atoms with Crippen molar-refractivity contribution in [2.75, 3.05) is 24.7 Å². The van der Waals surface area contributed by atoms with Crippen molar-refractivity contribution in [2.24, 2.45) is 0 Å². The van der Waals surface area contributed by atoms with Gasteiger partial charge < -0.3 is 15.8 Å². The van der Waals surface area contributed by atoms with Crippen molar-refractivity contribution in [3.05, 3.63) is 35.7 Å². The zero-order valence-corrected chi connectivity index (χ0v) is 11.0. The van der Waals surface area contributed by atoms with Gasteiger partial charge in [0.15, 0.2) is 0 Å². The van der Waals surface area contributed by atoms with Gasteiger partial charge in [-0.25, -0.2) is 9.48 Å². The van der Waals surface area contributed by atoms with Crippen molar-refractivity contribution in [1.82, 2.24) is 14.8 Å². The van der Waals surface area contributed by atoms with E-state index in [0.29, 0.717) is 5.95 Å². The highest BCUT2D eigenvalue weighted by molar-refractivity contribution is 5.85. The summed E-state index contributed by atoms with van der Waals surface area (Å²) in [7, 11) is 1.31. The summed E-state index contributed by atoms with van der Waals surface area (Å²) in [5.74, 6) is 0.112. The quantitative estimate of drug-likeness (QED) is 0.627. The lowest BCUT2D eigenvalue weighted by Gasteiger charge is -2.24. The molecule has 2 aromatic rings. The molecule has 0 saturated heterocycles. The first-order valence-corrected chi connectivity index (χ1v) is 6.33. The van der Waals surface area contributed by atoms with Crippen molar-refractivity contribution in [2.45, 2.75) is 12.5 Å². The molecular formula is C13H15N5O2. The first kappa shape index (κ1) is 12.5. The molecule has 0 radical (unpaired) electrons. The van der Waals surface area contributed by atoms with Crippen molar-refractivity contribution in [1.29, 1.82) is 0 Å². The first-order chi connectivity index (χ1) is 9.69. The van der Waals surface area contributed by atoms with E-state index in [1.165, 1.54) is 7.11 Å². The number of ether oxygens (including phenoxy) is 1. The maximum Gasteiger partial charge on any atom is 0.378 e. The lowest BCUT2D eigenvalue weighted by Crippen LogP contribution is -2.24. The number of hydrogen-bond donors (Lipinski definition) is 2. The Labute approximate surface area is 115 Å². The van der Waals surface area contributed by atoms with Crippen LogP contribution in [0.5, 0.6) is 0 Å². The zero-order valence-electron chi connectivity index (χ0n) is 11.0. The molecule has 2 heterocycles. The third kappa shape index (κ3) is 2.07. The van der Waals surface area contributed by atoms with E-state index < -0.39 is 5.97 Å². The van der Waals surface area contributed by atoms with Crippen LogP contribution in [-0.4, -0.2) is 34.4 Å². The number of methoxy groups -OCH3 is 1. The van der Waals surface area contributed by atoms with Gasteiger partial charge in [-0.15, -0.1) is 5.10 Å². The maximum absolute atomic E-state index is 11.5. The van der Waals surface area contributed by atoms with E-state index in [9.17, 15) is 4.79 Å². The third-order valence-electron chi connectivity index (χ3n) is 3.32. The van der Waals surface area contributed by atoms with Crippen molar-refractivity contribution in [3.63, 3.8) is 0 Å². The molecule has 3 N–H and O–H groups in total. The molecule has 0 fully saturated rings. The lowest BCUT2D eigenvalue weighted by molar-refractivity contribution is 0.0586. The molecular weight excluding hydrogens is 258 g/mol. The largest absolute Gasteiger partial charge is 0.463 e. The molecule has 0 spiro atoms. The first-order valence-electron chi connectivity index (χ1n) is 6.33. The Morgan fingerprint density at radius 3 is 2.90 bits per heavy atom. The molecule has 7 heteroatoms. The van der Waals surface area contributed by atoms with Crippen LogP contribution < -0.4 is 11.1 Å². The normalized spacial score (nSPS) is 17.1. The number of carbonyl (C=O) groups is 1. The Balaban J connectivity index is 1.99. The Morgan fingerprint density at radius 1 is 1.45 bits per heavy atom. The van der Waals surface area contributed by atoms with Crippen LogP contribution in [0.3, 0.4) is 0 Å². The SMILES string of the molecule is COC(=O)c1nc2n(n1)C(c1ccc(N)cc1)CCN2. The summed E-state index contributed by atoms with van der Waals surface area (Å²) >= 11 is 0. The summed E-state index contributed by atoms with van der Waals surface area (Å²) in [6.07, 6.45) is 0.862. The highest BCUT2D eigenvalue weighted by atomic mass is 16.5. The van der Waals surface area contributed by atoms with E-state index in [1.54, 1.807) is 4.68 Å². The molecule has 0 bridgehead atoms. The number of carbonyl (C=O) groups excluding carboxylic acids is 1. The molecule has 0 aliphatic carbocycles. The molecule has 1 aliphatic heterocycles. The van der Waals surface area contributed by atoms with E-state index in [4.69, 9.17) is 5.73 Å². The van der Waals surface area contributed by atoms with Gasteiger partial charge in [0.05, 0.1) is 13.2 Å². The number of esters is 1. The van der Waals surface area contributed by atoms with Crippen LogP contribution in [0.15, 0.2) is 24.3 Å². The van der Waals surface area contributed by atoms with Gasteiger partial charge in [0, 0.05) is 12.2 Å². The summed E-state index contributed by atoms with van der Waals surface area (Å²) in [5.41, 5.74) is 7.51. The lowest BCUT2D eigenvalue weighted by atomic mass is 10.0. The molecule has 104 valence electrons. The van der Waals surface area contributed by atoms with E-state index >= 15 is 0 Å². The van der Waals surface area contributed by atoms with Crippen LogP contribution in [0, 0.1) is 0 Å². The van der Waals surface area contributed by atoms with E-state index in [0.717, 1.165) is 24.2 Å². The number of anilines is 2. The number of nitrogens with two attached hydrogens (primary N) is 1. The Hall–Kier alpha value is -2.57. The minimum absolute atomic E-state index is 0.0396. The van der Waals surface area contributed by atoms with Crippen LogP contribution in [-0.2, 0) is 4.74 Å². The van der Waals surface area contributed by atoms with Gasteiger partial charge in [0.25, 0.3) is 5.82 Å². The summed E-state index contributed by atoms with van der Waals surface area (Å²) in [6.45, 7) is 0.772. The molecule has 1 atom stereocenters. The molecule has 0 amide bonds. The van der Waals surface area contributed by atoms with Crippen molar-refractivity contribution < 1.29 is 9.53 Å². The Morgan fingerprint density at radius 2 is 2.20 bits per heavy atom. The number of rotatable bonds is 2. The van der Waals surface area contributed by atoms with Gasteiger partial charge in [-0.3, -0.25) is 0 Å². The van der Waals surface area contributed by atoms with Crippen LogP contribution in [0.4, 0.5) is 11.6 Å². The second-order valence-corrected chi connectivity index (χ2v) is 4.59. The number of nitrogens with zero attached hydrogens (tertiary/aromatic N) is 3. The van der Waals surface area contributed by atoms with Crippen molar-refractivity contribution >= 4 is 17.6 Å². The van der Waals surface area contributed by atoms with Gasteiger partial charge in [0.2, 0.25) is 5.95 Å². The topological polar surface area (TPSA) is 95.1 Å². The summed E-state index contributed by atoms with van der Waals surface area (Å²) in [5, 5.41) is 7.37. The zero-order chi connectivity index (χ0) is 14.1. The second-order valence-electron chi connectivity index (χ2n) is 4.59. The molecule has 1 aromatic carbocycles. The average Bonchev–Trinajstić information content (AvgIpc) is 2.91. The maximum atomic E-state index is 11.5. The molecule has 1 unspecified atom stereocenters. The number of aromatic nitrogens is 3. The Bertz CT molecular complexity index is 635. The van der Waals surface area contributed by atoms with Crippen LogP contribution in [0.25, 0.3) is 0 Å². The van der Waals surface area contributed by atoms with Gasteiger partial charge in [0.1, 0.15) is 0 Å². The predicted octanol–water partition coefficient (Wildman–Crippen LogP) is 1.05. The van der Waals surface area contributed by atoms with Gasteiger partial charge in [-0.1, -0.05) is 12.1 Å². The highest BCUT2D eigenvalue weighted by Gasteiger charge is 2.26. The van der Waals surface area contributed by atoms with E-state index in [2.05, 4.69) is 20.1 Å². The number of nitrogens with one attached hydrogen (secondary N) is 1. The van der Waals surface area contributed by atoms with Crippen LogP contribution in [0.2, 0.25) is 0 Å². The van der Waals surface area contributed by atoms with Gasteiger partial charge in [-0.2, -0.15) is 4.98 Å². The summed E-state index contributed by atoms with van der Waals surface area (Å²) < 4.78 is 6.37. The van der Waals surface area contributed by atoms with Crippen molar-refractivity contribution in [3.8, 4) is 0 Å². The fourth-order valence-corrected chi connectivity index (χ4v) is 2.31. The average molecular weight is 273 g/mol. The molecule has 20 heavy (non-hydrogen) atoms. The Kier molecular flexibility index (Phi) is 3.02. The highest BCUT2D eigenvalue weighted by Crippen LogP contribution is 2.28. The number of fused-ring (bicyclic) bond motifs is 1. The minimum Gasteiger partial charge on any atom is -0.463 e. The monoisotopic (exact) mass is 273 g/mol. The van der Waals surface area contributed by atoms with Crippen LogP contribution >= 0.6 is 0 Å². The molecule has 0 saturated carbocycles. The van der Waals surface area contributed by atoms with E-state index in [1.807, 2.05) is 24.3 Å². The molecule has 7 nitrogen and oxygen atoms in total. The number of benzene rings is 1. The van der Waals surface area contributed by atoms with Crippen LogP contribution in [0.1, 0.15) is 28.6 Å². The fraction of sp³-hybridized carbons (Fsp3) is 0.308. The third-order valence-corrected chi connectivity index (χ3v) is 3.32. The molecule has 3 rings (SSSR count). The standard InChI is InChI=1S/C13H15N5O2/c1-20-12(19)11-16-13-15-7-6-10(18(13)17-11)8-2-4-9(14)5-3-8/h2-5,10H,6-7,14H2,1H3,(H,15,16,17). The summed E-state index contributed by atoms with van der Waals surface area (Å²) in [4.78, 5) is 15.7. The second kappa shape index (κ2) is 4.84. The minimum atomic E-state index is -0.537. The van der Waals surface area contributed by atoms with Gasteiger partial charge >= 0.3 is 5.97 Å². The molecule has 1 aromatic heterocycles. The predicted molar refractivity (Wildman–Crippen MR) is 73.5 cm³/mol. The smallest absolute Gasteiger partial charge is 0.378 e. The van der Waals surface area contributed by atoms with Gasteiger partial charge in [-0.05, 0) is 24.1 Å². The number of nitrogen functional groups attached to an aromatic ring is 1. The fourth-order valence-electron chi connectivity index (χ4n) is 2.31. The summed E-state index contributed by atoms with van der Waals surface area (Å²) in [6, 6.07) is 7.69. The molecule has 1 aliphatic rings.